The summed E-state index contributed by atoms with van der Waals surface area (Å²) in [6.07, 6.45) is -0.430. The summed E-state index contributed by atoms with van der Waals surface area (Å²) < 4.78 is 25.6. The van der Waals surface area contributed by atoms with E-state index in [2.05, 4.69) is 14.7 Å². The quantitative estimate of drug-likeness (QED) is 0.760. The molecule has 19 heavy (non-hydrogen) atoms. The summed E-state index contributed by atoms with van der Waals surface area (Å²) in [4.78, 5) is 17.6. The largest absolute Gasteiger partial charge is 0.481 e. The average Bonchev–Trinajstić information content (AvgIpc) is 2.65. The molecule has 0 aliphatic carbocycles. The van der Waals surface area contributed by atoms with Crippen LogP contribution in [-0.4, -0.2) is 35.2 Å². The molecule has 1 aromatic carbocycles. The Morgan fingerprint density at radius 3 is 2.89 bits per heavy atom. The number of anilines is 1. The van der Waals surface area contributed by atoms with E-state index >= 15 is 0 Å². The van der Waals surface area contributed by atoms with Crippen LogP contribution >= 0.6 is 0 Å². The number of aliphatic carboxylic acids is 1. The third-order valence-corrected chi connectivity index (χ3v) is 3.75. The summed E-state index contributed by atoms with van der Waals surface area (Å²) in [6.45, 7) is 1.80. The van der Waals surface area contributed by atoms with Gasteiger partial charge in [-0.2, -0.15) is 0 Å². The number of sulfonamides is 1. The molecule has 0 radical (unpaired) electrons. The van der Waals surface area contributed by atoms with Crippen molar-refractivity contribution >= 4 is 32.7 Å². The second-order valence-corrected chi connectivity index (χ2v) is 5.96. The Balaban J connectivity index is 2.18. The number of benzene rings is 1. The van der Waals surface area contributed by atoms with Gasteiger partial charge < -0.3 is 10.1 Å². The molecule has 2 rings (SSSR count). The van der Waals surface area contributed by atoms with E-state index < -0.39 is 28.2 Å². The van der Waals surface area contributed by atoms with Gasteiger partial charge in [-0.25, -0.2) is 13.4 Å². The molecule has 1 aromatic heterocycles. The number of fused-ring (bicyclic) bond motifs is 1. The normalized spacial score (nSPS) is 11.6. The summed E-state index contributed by atoms with van der Waals surface area (Å²) >= 11 is 0. The fourth-order valence-electron chi connectivity index (χ4n) is 1.65. The maximum atomic E-state index is 11.6. The van der Waals surface area contributed by atoms with Gasteiger partial charge >= 0.3 is 5.97 Å². The molecule has 0 unspecified atom stereocenters. The van der Waals surface area contributed by atoms with E-state index in [0.29, 0.717) is 5.69 Å². The third-order valence-electron chi connectivity index (χ3n) is 2.46. The SMILES string of the molecule is Cc1nc2ccc(NS(=O)(=O)CCC(=O)O)cc2[nH]1. The highest BCUT2D eigenvalue weighted by atomic mass is 32.2. The van der Waals surface area contributed by atoms with Crippen molar-refractivity contribution in [2.75, 3.05) is 10.5 Å². The first-order valence-electron chi connectivity index (χ1n) is 5.54. The van der Waals surface area contributed by atoms with Crippen molar-refractivity contribution in [3.05, 3.63) is 24.0 Å². The van der Waals surface area contributed by atoms with Gasteiger partial charge in [0, 0.05) is 0 Å². The molecular formula is C11H13N3O4S. The van der Waals surface area contributed by atoms with Gasteiger partial charge in [-0.15, -0.1) is 0 Å². The van der Waals surface area contributed by atoms with Crippen LogP contribution in [0.3, 0.4) is 0 Å². The highest BCUT2D eigenvalue weighted by molar-refractivity contribution is 7.92. The fraction of sp³-hybridized carbons (Fsp3) is 0.273. The molecule has 8 heteroatoms. The lowest BCUT2D eigenvalue weighted by atomic mass is 10.3. The van der Waals surface area contributed by atoms with E-state index in [9.17, 15) is 13.2 Å². The number of hydrogen-bond donors (Lipinski definition) is 3. The van der Waals surface area contributed by atoms with Crippen molar-refractivity contribution in [1.82, 2.24) is 9.97 Å². The van der Waals surface area contributed by atoms with Crippen LogP contribution < -0.4 is 4.72 Å². The number of aromatic amines is 1. The number of nitrogens with one attached hydrogen (secondary N) is 2. The third kappa shape index (κ3) is 3.44. The Labute approximate surface area is 109 Å². The van der Waals surface area contributed by atoms with Crippen molar-refractivity contribution in [1.29, 1.82) is 0 Å². The first-order chi connectivity index (χ1) is 8.85. The topological polar surface area (TPSA) is 112 Å². The summed E-state index contributed by atoms with van der Waals surface area (Å²) in [5, 5.41) is 8.48. The van der Waals surface area contributed by atoms with Gasteiger partial charge in [0.1, 0.15) is 5.82 Å². The van der Waals surface area contributed by atoms with Gasteiger partial charge in [0.15, 0.2) is 0 Å². The Hall–Kier alpha value is -2.09. The molecule has 0 amide bonds. The molecule has 0 fully saturated rings. The fourth-order valence-corrected chi connectivity index (χ4v) is 2.68. The maximum absolute atomic E-state index is 11.6. The Kier molecular flexibility index (Phi) is 3.43. The van der Waals surface area contributed by atoms with Crippen molar-refractivity contribution in [3.63, 3.8) is 0 Å². The molecule has 0 spiro atoms. The van der Waals surface area contributed by atoms with E-state index in [-0.39, 0.29) is 0 Å². The van der Waals surface area contributed by atoms with Crippen LogP contribution in [0.5, 0.6) is 0 Å². The minimum Gasteiger partial charge on any atom is -0.481 e. The summed E-state index contributed by atoms with van der Waals surface area (Å²) in [5.41, 5.74) is 1.84. The molecule has 0 atom stereocenters. The lowest BCUT2D eigenvalue weighted by molar-refractivity contribution is -0.136. The molecule has 7 nitrogen and oxygen atoms in total. The van der Waals surface area contributed by atoms with E-state index in [1.54, 1.807) is 25.1 Å². The molecule has 0 aliphatic rings. The molecule has 1 heterocycles. The number of H-pyrrole nitrogens is 1. The Morgan fingerprint density at radius 2 is 2.21 bits per heavy atom. The zero-order valence-electron chi connectivity index (χ0n) is 10.2. The highest BCUT2D eigenvalue weighted by Crippen LogP contribution is 2.18. The van der Waals surface area contributed by atoms with Crippen LogP contribution in [0, 0.1) is 6.92 Å². The maximum Gasteiger partial charge on any atom is 0.304 e. The van der Waals surface area contributed by atoms with Crippen LogP contribution in [0.1, 0.15) is 12.2 Å². The number of carbonyl (C=O) groups is 1. The smallest absolute Gasteiger partial charge is 0.304 e. The Bertz CT molecular complexity index is 721. The van der Waals surface area contributed by atoms with Crippen LogP contribution in [0.25, 0.3) is 11.0 Å². The lowest BCUT2D eigenvalue weighted by Gasteiger charge is -2.06. The highest BCUT2D eigenvalue weighted by Gasteiger charge is 2.13. The summed E-state index contributed by atoms with van der Waals surface area (Å²) in [6, 6.07) is 4.89. The number of nitrogens with zero attached hydrogens (tertiary/aromatic N) is 1. The lowest BCUT2D eigenvalue weighted by Crippen LogP contribution is -2.18. The number of rotatable bonds is 5. The molecular weight excluding hydrogens is 270 g/mol. The molecule has 0 saturated heterocycles. The number of aromatic nitrogens is 2. The number of imidazole rings is 1. The number of hydrogen-bond acceptors (Lipinski definition) is 4. The molecule has 102 valence electrons. The first kappa shape index (κ1) is 13.3. The van der Waals surface area contributed by atoms with Gasteiger partial charge in [-0.3, -0.25) is 9.52 Å². The van der Waals surface area contributed by atoms with E-state index in [4.69, 9.17) is 5.11 Å². The summed E-state index contributed by atoms with van der Waals surface area (Å²) in [7, 11) is -3.66. The van der Waals surface area contributed by atoms with Gasteiger partial charge in [0.2, 0.25) is 10.0 Å². The number of carboxylic acids is 1. The predicted molar refractivity (Wildman–Crippen MR) is 70.5 cm³/mol. The standard InChI is InChI=1S/C11H13N3O4S/c1-7-12-9-3-2-8(6-10(9)13-7)14-19(17,18)5-4-11(15)16/h2-3,6,14H,4-5H2,1H3,(H,12,13)(H,15,16). The van der Waals surface area contributed by atoms with Gasteiger partial charge in [0.25, 0.3) is 0 Å². The minimum atomic E-state index is -3.66. The monoisotopic (exact) mass is 283 g/mol. The van der Waals surface area contributed by atoms with Gasteiger partial charge in [-0.1, -0.05) is 0 Å². The molecule has 0 bridgehead atoms. The van der Waals surface area contributed by atoms with Gasteiger partial charge in [0.05, 0.1) is 28.9 Å². The van der Waals surface area contributed by atoms with E-state index in [1.165, 1.54) is 0 Å². The van der Waals surface area contributed by atoms with E-state index in [0.717, 1.165) is 16.9 Å². The zero-order chi connectivity index (χ0) is 14.0. The molecule has 3 N–H and O–H groups in total. The zero-order valence-corrected chi connectivity index (χ0v) is 11.0. The molecule has 0 aliphatic heterocycles. The predicted octanol–water partition coefficient (Wildman–Crippen LogP) is 1.09. The second-order valence-electron chi connectivity index (χ2n) is 4.12. The van der Waals surface area contributed by atoms with Crippen LogP contribution in [0.2, 0.25) is 0 Å². The van der Waals surface area contributed by atoms with Crippen LogP contribution in [0.15, 0.2) is 18.2 Å². The minimum absolute atomic E-state index is 0.376. The van der Waals surface area contributed by atoms with Crippen molar-refractivity contribution in [3.8, 4) is 0 Å². The number of carboxylic acid groups (broad SMARTS) is 1. The van der Waals surface area contributed by atoms with Crippen molar-refractivity contribution < 1.29 is 18.3 Å². The summed E-state index contributed by atoms with van der Waals surface area (Å²) in [5.74, 6) is -0.867. The Morgan fingerprint density at radius 1 is 1.47 bits per heavy atom. The van der Waals surface area contributed by atoms with E-state index in [1.807, 2.05) is 0 Å². The number of aryl methyl sites for hydroxylation is 1. The molecule has 0 saturated carbocycles. The van der Waals surface area contributed by atoms with Crippen molar-refractivity contribution in [2.45, 2.75) is 13.3 Å². The van der Waals surface area contributed by atoms with Crippen molar-refractivity contribution in [2.24, 2.45) is 0 Å². The van der Waals surface area contributed by atoms with Crippen LogP contribution in [0.4, 0.5) is 5.69 Å². The van der Waals surface area contributed by atoms with Gasteiger partial charge in [-0.05, 0) is 25.1 Å². The average molecular weight is 283 g/mol. The first-order valence-corrected chi connectivity index (χ1v) is 7.19. The second kappa shape index (κ2) is 4.88. The molecule has 2 aromatic rings. The van der Waals surface area contributed by atoms with Crippen LogP contribution in [-0.2, 0) is 14.8 Å².